The maximum absolute atomic E-state index is 12.7. The van der Waals surface area contributed by atoms with Crippen LogP contribution in [0.4, 0.5) is 30.2 Å². The Morgan fingerprint density at radius 2 is 1.75 bits per heavy atom. The first-order valence-corrected chi connectivity index (χ1v) is 7.87. The first-order chi connectivity index (χ1) is 13.1. The summed E-state index contributed by atoms with van der Waals surface area (Å²) >= 11 is 0. The Balaban J connectivity index is 1.96. The highest BCUT2D eigenvalue weighted by molar-refractivity contribution is 5.94. The molecule has 2 amide bonds. The molecule has 0 unspecified atom stereocenters. The standard InChI is InChI=1S/C17H15F3N4O4/c18-17(19,20)11-3-6-13(14(9-11)24(27)28)22-8-7-15(25)23-12-4-1-10(2-5-12)16(21)26/h1-6,9,22H,7-8H2,(H2,21,26)(H,23,25). The van der Waals surface area contributed by atoms with E-state index in [-0.39, 0.29) is 24.2 Å². The summed E-state index contributed by atoms with van der Waals surface area (Å²) in [5.74, 6) is -1.05. The number of nitro benzene ring substituents is 1. The van der Waals surface area contributed by atoms with Gasteiger partial charge in [0, 0.05) is 30.3 Å². The number of nitrogens with zero attached hydrogens (tertiary/aromatic N) is 1. The van der Waals surface area contributed by atoms with E-state index in [2.05, 4.69) is 10.6 Å². The average Bonchev–Trinajstić information content (AvgIpc) is 2.61. The molecule has 0 radical (unpaired) electrons. The van der Waals surface area contributed by atoms with Crippen molar-refractivity contribution in [3.05, 3.63) is 63.7 Å². The Hall–Kier alpha value is -3.63. The normalized spacial score (nSPS) is 11.0. The number of amides is 2. The molecule has 2 aromatic carbocycles. The summed E-state index contributed by atoms with van der Waals surface area (Å²) in [6.07, 6.45) is -4.80. The van der Waals surface area contributed by atoms with E-state index in [1.165, 1.54) is 24.3 Å². The highest BCUT2D eigenvalue weighted by Crippen LogP contribution is 2.34. The lowest BCUT2D eigenvalue weighted by Gasteiger charge is -2.11. The third kappa shape index (κ3) is 5.43. The van der Waals surface area contributed by atoms with Gasteiger partial charge in [-0.25, -0.2) is 0 Å². The maximum Gasteiger partial charge on any atom is 0.416 e. The zero-order chi connectivity index (χ0) is 20.9. The number of hydrogen-bond donors (Lipinski definition) is 3. The summed E-state index contributed by atoms with van der Waals surface area (Å²) in [6.45, 7) is -0.0442. The lowest BCUT2D eigenvalue weighted by molar-refractivity contribution is -0.384. The molecule has 8 nitrogen and oxygen atoms in total. The van der Waals surface area contributed by atoms with Gasteiger partial charge < -0.3 is 16.4 Å². The summed E-state index contributed by atoms with van der Waals surface area (Å²) in [5.41, 5.74) is 3.79. The minimum Gasteiger partial charge on any atom is -0.379 e. The number of rotatable bonds is 7. The first-order valence-electron chi connectivity index (χ1n) is 7.87. The van der Waals surface area contributed by atoms with Crippen molar-refractivity contribution < 1.29 is 27.7 Å². The van der Waals surface area contributed by atoms with Gasteiger partial charge in [-0.15, -0.1) is 0 Å². The number of nitrogens with one attached hydrogen (secondary N) is 2. The number of carbonyl (C=O) groups excluding carboxylic acids is 2. The van der Waals surface area contributed by atoms with Gasteiger partial charge in [-0.1, -0.05) is 0 Å². The average molecular weight is 396 g/mol. The molecule has 2 aromatic rings. The molecule has 0 aliphatic carbocycles. The van der Waals surface area contributed by atoms with Gasteiger partial charge in [0.1, 0.15) is 5.69 Å². The SMILES string of the molecule is NC(=O)c1ccc(NC(=O)CCNc2ccc(C(F)(F)F)cc2[N+](=O)[O-])cc1. The van der Waals surface area contributed by atoms with Crippen LogP contribution in [0.3, 0.4) is 0 Å². The van der Waals surface area contributed by atoms with E-state index in [0.717, 1.165) is 12.1 Å². The number of nitro groups is 1. The van der Waals surface area contributed by atoms with E-state index in [4.69, 9.17) is 5.73 Å². The smallest absolute Gasteiger partial charge is 0.379 e. The van der Waals surface area contributed by atoms with E-state index in [9.17, 15) is 32.9 Å². The highest BCUT2D eigenvalue weighted by Gasteiger charge is 2.33. The number of primary amides is 1. The Labute approximate surface area is 156 Å². The van der Waals surface area contributed by atoms with Crippen LogP contribution in [0.25, 0.3) is 0 Å². The van der Waals surface area contributed by atoms with Crippen molar-refractivity contribution >= 4 is 28.9 Å². The molecule has 0 aliphatic rings. The van der Waals surface area contributed by atoms with Crippen molar-refractivity contribution in [2.24, 2.45) is 5.73 Å². The lowest BCUT2D eigenvalue weighted by Crippen LogP contribution is -2.17. The number of anilines is 2. The Morgan fingerprint density at radius 3 is 2.29 bits per heavy atom. The van der Waals surface area contributed by atoms with Gasteiger partial charge in [-0.05, 0) is 36.4 Å². The molecule has 0 saturated carbocycles. The number of hydrogen-bond acceptors (Lipinski definition) is 5. The number of carbonyl (C=O) groups is 2. The molecule has 0 saturated heterocycles. The fraction of sp³-hybridized carbons (Fsp3) is 0.176. The van der Waals surface area contributed by atoms with Gasteiger partial charge in [0.15, 0.2) is 0 Å². The first kappa shape index (κ1) is 20.7. The molecule has 0 fully saturated rings. The van der Waals surface area contributed by atoms with Crippen LogP contribution in [0.1, 0.15) is 22.3 Å². The van der Waals surface area contributed by atoms with Gasteiger partial charge in [-0.2, -0.15) is 13.2 Å². The third-order valence-corrected chi connectivity index (χ3v) is 3.64. The van der Waals surface area contributed by atoms with E-state index < -0.39 is 34.2 Å². The molecule has 28 heavy (non-hydrogen) atoms. The minimum atomic E-state index is -4.70. The van der Waals surface area contributed by atoms with Crippen molar-refractivity contribution in [2.45, 2.75) is 12.6 Å². The van der Waals surface area contributed by atoms with Crippen LogP contribution >= 0.6 is 0 Å². The van der Waals surface area contributed by atoms with Crippen LogP contribution in [0.15, 0.2) is 42.5 Å². The van der Waals surface area contributed by atoms with Crippen LogP contribution in [-0.4, -0.2) is 23.3 Å². The summed E-state index contributed by atoms with van der Waals surface area (Å²) in [5, 5.41) is 16.1. The van der Waals surface area contributed by atoms with Crippen LogP contribution in [0.5, 0.6) is 0 Å². The Morgan fingerprint density at radius 1 is 1.11 bits per heavy atom. The maximum atomic E-state index is 12.7. The largest absolute Gasteiger partial charge is 0.416 e. The Kier molecular flexibility index (Phi) is 6.18. The molecular weight excluding hydrogens is 381 g/mol. The van der Waals surface area contributed by atoms with Gasteiger partial charge in [0.2, 0.25) is 11.8 Å². The third-order valence-electron chi connectivity index (χ3n) is 3.64. The number of alkyl halides is 3. The summed E-state index contributed by atoms with van der Waals surface area (Å²) < 4.78 is 38.0. The molecule has 0 heterocycles. The van der Waals surface area contributed by atoms with Crippen molar-refractivity contribution in [1.29, 1.82) is 0 Å². The molecule has 4 N–H and O–H groups in total. The van der Waals surface area contributed by atoms with Gasteiger partial charge in [0.05, 0.1) is 10.5 Å². The topological polar surface area (TPSA) is 127 Å². The quantitative estimate of drug-likeness (QED) is 0.489. The van der Waals surface area contributed by atoms with Crippen molar-refractivity contribution in [1.82, 2.24) is 0 Å². The van der Waals surface area contributed by atoms with E-state index in [1.807, 2.05) is 0 Å². The second-order valence-corrected chi connectivity index (χ2v) is 5.65. The summed E-state index contributed by atoms with van der Waals surface area (Å²) in [4.78, 5) is 32.9. The highest BCUT2D eigenvalue weighted by atomic mass is 19.4. The molecule has 0 spiro atoms. The molecule has 2 rings (SSSR count). The Bertz CT molecular complexity index is 898. The molecule has 11 heteroatoms. The summed E-state index contributed by atoms with van der Waals surface area (Å²) in [7, 11) is 0. The van der Waals surface area contributed by atoms with Crippen molar-refractivity contribution in [3.8, 4) is 0 Å². The number of halogens is 3. The zero-order valence-electron chi connectivity index (χ0n) is 14.2. The molecule has 0 aliphatic heterocycles. The lowest BCUT2D eigenvalue weighted by atomic mass is 10.1. The minimum absolute atomic E-state index is 0.0442. The second kappa shape index (κ2) is 8.37. The fourth-order valence-electron chi connectivity index (χ4n) is 2.26. The number of benzene rings is 2. The van der Waals surface area contributed by atoms with Gasteiger partial charge >= 0.3 is 6.18 Å². The van der Waals surface area contributed by atoms with Gasteiger partial charge in [-0.3, -0.25) is 19.7 Å². The predicted octanol–water partition coefficient (Wildman–Crippen LogP) is 3.15. The van der Waals surface area contributed by atoms with E-state index >= 15 is 0 Å². The van der Waals surface area contributed by atoms with E-state index in [1.54, 1.807) is 0 Å². The monoisotopic (exact) mass is 396 g/mol. The number of nitrogens with two attached hydrogens (primary N) is 1. The van der Waals surface area contributed by atoms with Crippen LogP contribution in [-0.2, 0) is 11.0 Å². The van der Waals surface area contributed by atoms with Crippen LogP contribution < -0.4 is 16.4 Å². The molecule has 0 aromatic heterocycles. The van der Waals surface area contributed by atoms with Gasteiger partial charge in [0.25, 0.3) is 5.69 Å². The fourth-order valence-corrected chi connectivity index (χ4v) is 2.26. The van der Waals surface area contributed by atoms with Crippen molar-refractivity contribution in [2.75, 3.05) is 17.2 Å². The van der Waals surface area contributed by atoms with E-state index in [0.29, 0.717) is 11.8 Å². The molecule has 0 bridgehead atoms. The molecule has 0 atom stereocenters. The zero-order valence-corrected chi connectivity index (χ0v) is 14.2. The molecular formula is C17H15F3N4O4. The summed E-state index contributed by atoms with van der Waals surface area (Å²) in [6, 6.07) is 7.92. The predicted molar refractivity (Wildman–Crippen MR) is 94.8 cm³/mol. The second-order valence-electron chi connectivity index (χ2n) is 5.65. The molecule has 148 valence electrons. The van der Waals surface area contributed by atoms with Crippen molar-refractivity contribution in [3.63, 3.8) is 0 Å². The van der Waals surface area contributed by atoms with Crippen LogP contribution in [0.2, 0.25) is 0 Å². The van der Waals surface area contributed by atoms with Crippen LogP contribution in [0, 0.1) is 10.1 Å².